The SMILES string of the molecule is COc1ccc(-c2ccc(SCC(=O)Nc3ccc([N+](=O)[O-])cc3)nn2)cc1. The summed E-state index contributed by atoms with van der Waals surface area (Å²) in [5, 5.41) is 22.3. The Balaban J connectivity index is 1.53. The third kappa shape index (κ3) is 5.04. The zero-order chi connectivity index (χ0) is 19.9. The number of non-ortho nitro benzene ring substituents is 1. The molecule has 1 aromatic heterocycles. The largest absolute Gasteiger partial charge is 0.497 e. The minimum atomic E-state index is -0.490. The van der Waals surface area contributed by atoms with Crippen molar-refractivity contribution in [1.82, 2.24) is 10.2 Å². The Morgan fingerprint density at radius 2 is 1.79 bits per heavy atom. The highest BCUT2D eigenvalue weighted by molar-refractivity contribution is 7.99. The molecule has 1 amide bonds. The zero-order valence-electron chi connectivity index (χ0n) is 14.9. The van der Waals surface area contributed by atoms with Gasteiger partial charge in [0.1, 0.15) is 10.8 Å². The highest BCUT2D eigenvalue weighted by Crippen LogP contribution is 2.22. The van der Waals surface area contributed by atoms with Gasteiger partial charge in [-0.25, -0.2) is 0 Å². The van der Waals surface area contributed by atoms with Crippen molar-refractivity contribution in [3.05, 3.63) is 70.8 Å². The number of nitrogens with one attached hydrogen (secondary N) is 1. The second kappa shape index (κ2) is 8.96. The standard InChI is InChI=1S/C19H16N4O4S/c1-27-16-8-2-13(3-9-16)17-10-11-19(22-21-17)28-12-18(24)20-14-4-6-15(7-5-14)23(25)26/h2-11H,12H2,1H3,(H,20,24). The molecule has 142 valence electrons. The number of rotatable bonds is 7. The van der Waals surface area contributed by atoms with Gasteiger partial charge in [0.05, 0.1) is 23.5 Å². The average molecular weight is 396 g/mol. The number of ether oxygens (including phenoxy) is 1. The monoisotopic (exact) mass is 396 g/mol. The zero-order valence-corrected chi connectivity index (χ0v) is 15.7. The Bertz CT molecular complexity index is 961. The number of aromatic nitrogens is 2. The molecule has 0 radical (unpaired) electrons. The summed E-state index contributed by atoms with van der Waals surface area (Å²) >= 11 is 1.25. The van der Waals surface area contributed by atoms with E-state index in [9.17, 15) is 14.9 Å². The van der Waals surface area contributed by atoms with Gasteiger partial charge in [-0.15, -0.1) is 10.2 Å². The number of thioether (sulfide) groups is 1. The number of carbonyl (C=O) groups excluding carboxylic acids is 1. The predicted molar refractivity (Wildman–Crippen MR) is 106 cm³/mol. The molecule has 1 N–H and O–H groups in total. The Morgan fingerprint density at radius 3 is 2.36 bits per heavy atom. The van der Waals surface area contributed by atoms with Crippen molar-refractivity contribution in [2.75, 3.05) is 18.2 Å². The molecule has 1 heterocycles. The maximum Gasteiger partial charge on any atom is 0.269 e. The van der Waals surface area contributed by atoms with E-state index in [2.05, 4.69) is 15.5 Å². The number of methoxy groups -OCH3 is 1. The number of amides is 1. The number of nitro groups is 1. The van der Waals surface area contributed by atoms with E-state index in [0.717, 1.165) is 17.0 Å². The van der Waals surface area contributed by atoms with Crippen molar-refractivity contribution in [1.29, 1.82) is 0 Å². The van der Waals surface area contributed by atoms with Gasteiger partial charge in [-0.05, 0) is 48.5 Å². The Morgan fingerprint density at radius 1 is 1.07 bits per heavy atom. The smallest absolute Gasteiger partial charge is 0.269 e. The normalized spacial score (nSPS) is 10.3. The first-order valence-electron chi connectivity index (χ1n) is 8.20. The van der Waals surface area contributed by atoms with Gasteiger partial charge >= 0.3 is 0 Å². The molecule has 28 heavy (non-hydrogen) atoms. The molecule has 0 aliphatic heterocycles. The van der Waals surface area contributed by atoms with Gasteiger partial charge < -0.3 is 10.1 Å². The number of hydrogen-bond acceptors (Lipinski definition) is 7. The number of nitrogens with zero attached hydrogens (tertiary/aromatic N) is 3. The van der Waals surface area contributed by atoms with E-state index in [0.29, 0.717) is 10.7 Å². The van der Waals surface area contributed by atoms with Crippen LogP contribution in [0.4, 0.5) is 11.4 Å². The Hall–Kier alpha value is -3.46. The van der Waals surface area contributed by atoms with E-state index >= 15 is 0 Å². The van der Waals surface area contributed by atoms with Crippen LogP contribution in [0.15, 0.2) is 65.7 Å². The second-order valence-electron chi connectivity index (χ2n) is 5.63. The number of anilines is 1. The fourth-order valence-electron chi connectivity index (χ4n) is 2.32. The maximum atomic E-state index is 12.0. The first kappa shape index (κ1) is 19.3. The molecule has 2 aromatic carbocycles. The van der Waals surface area contributed by atoms with Gasteiger partial charge in [-0.1, -0.05) is 11.8 Å². The molecule has 0 aliphatic rings. The van der Waals surface area contributed by atoms with E-state index in [1.807, 2.05) is 30.3 Å². The van der Waals surface area contributed by atoms with Crippen molar-refractivity contribution in [2.45, 2.75) is 5.03 Å². The topological polar surface area (TPSA) is 107 Å². The van der Waals surface area contributed by atoms with E-state index in [1.165, 1.54) is 36.0 Å². The molecule has 0 bridgehead atoms. The van der Waals surface area contributed by atoms with Crippen LogP contribution in [0.2, 0.25) is 0 Å². The van der Waals surface area contributed by atoms with E-state index < -0.39 is 4.92 Å². The lowest BCUT2D eigenvalue weighted by atomic mass is 10.1. The molecule has 0 spiro atoms. The predicted octanol–water partition coefficient (Wildman–Crippen LogP) is 3.79. The lowest BCUT2D eigenvalue weighted by molar-refractivity contribution is -0.384. The van der Waals surface area contributed by atoms with Crippen LogP contribution in [0.1, 0.15) is 0 Å². The molecule has 0 unspecified atom stereocenters. The van der Waals surface area contributed by atoms with E-state index in [1.54, 1.807) is 13.2 Å². The fourth-order valence-corrected chi connectivity index (χ4v) is 2.93. The molecule has 9 heteroatoms. The van der Waals surface area contributed by atoms with Crippen molar-refractivity contribution in [2.24, 2.45) is 0 Å². The highest BCUT2D eigenvalue weighted by Gasteiger charge is 2.08. The first-order chi connectivity index (χ1) is 13.5. The van der Waals surface area contributed by atoms with Gasteiger partial charge in [0, 0.05) is 23.4 Å². The van der Waals surface area contributed by atoms with E-state index in [-0.39, 0.29) is 17.3 Å². The van der Waals surface area contributed by atoms with Crippen LogP contribution in [0.25, 0.3) is 11.3 Å². The van der Waals surface area contributed by atoms with Crippen molar-refractivity contribution >= 4 is 29.0 Å². The van der Waals surface area contributed by atoms with Crippen LogP contribution in [0.3, 0.4) is 0 Å². The van der Waals surface area contributed by atoms with Crippen molar-refractivity contribution < 1.29 is 14.5 Å². The van der Waals surface area contributed by atoms with Crippen LogP contribution < -0.4 is 10.1 Å². The van der Waals surface area contributed by atoms with Crippen LogP contribution >= 0.6 is 11.8 Å². The first-order valence-corrected chi connectivity index (χ1v) is 9.19. The minimum absolute atomic E-state index is 0.0281. The fraction of sp³-hybridized carbons (Fsp3) is 0.105. The average Bonchev–Trinajstić information content (AvgIpc) is 2.73. The van der Waals surface area contributed by atoms with Crippen LogP contribution in [0, 0.1) is 10.1 Å². The number of carbonyl (C=O) groups is 1. The van der Waals surface area contributed by atoms with Gasteiger partial charge in [-0.3, -0.25) is 14.9 Å². The van der Waals surface area contributed by atoms with Crippen molar-refractivity contribution in [3.63, 3.8) is 0 Å². The Labute approximate surface area is 165 Å². The molecule has 0 fully saturated rings. The summed E-state index contributed by atoms with van der Waals surface area (Å²) in [6, 6.07) is 16.8. The molecule has 3 rings (SSSR count). The lowest BCUT2D eigenvalue weighted by Crippen LogP contribution is -2.14. The Kier molecular flexibility index (Phi) is 6.18. The quantitative estimate of drug-likeness (QED) is 0.368. The van der Waals surface area contributed by atoms with Gasteiger partial charge in [0.2, 0.25) is 5.91 Å². The molecule has 0 aliphatic carbocycles. The summed E-state index contributed by atoms with van der Waals surface area (Å²) < 4.78 is 5.13. The molecular formula is C19H16N4O4S. The lowest BCUT2D eigenvalue weighted by Gasteiger charge is -2.05. The summed E-state index contributed by atoms with van der Waals surface area (Å²) in [6.07, 6.45) is 0. The van der Waals surface area contributed by atoms with Crippen LogP contribution in [0.5, 0.6) is 5.75 Å². The van der Waals surface area contributed by atoms with Gasteiger partial charge in [0.25, 0.3) is 5.69 Å². The third-order valence-corrected chi connectivity index (χ3v) is 4.66. The van der Waals surface area contributed by atoms with Crippen LogP contribution in [-0.4, -0.2) is 33.9 Å². The summed E-state index contributed by atoms with van der Waals surface area (Å²) in [4.78, 5) is 22.2. The molecule has 0 atom stereocenters. The van der Waals surface area contributed by atoms with Crippen molar-refractivity contribution in [3.8, 4) is 17.0 Å². The van der Waals surface area contributed by atoms with Crippen LogP contribution in [-0.2, 0) is 4.79 Å². The molecule has 0 saturated heterocycles. The summed E-state index contributed by atoms with van der Waals surface area (Å²) in [5.41, 5.74) is 2.11. The van der Waals surface area contributed by atoms with Gasteiger partial charge in [-0.2, -0.15) is 0 Å². The summed E-state index contributed by atoms with van der Waals surface area (Å²) in [5.74, 6) is 0.677. The molecular weight excluding hydrogens is 380 g/mol. The number of benzene rings is 2. The van der Waals surface area contributed by atoms with Gasteiger partial charge in [0.15, 0.2) is 0 Å². The highest BCUT2D eigenvalue weighted by atomic mass is 32.2. The summed E-state index contributed by atoms with van der Waals surface area (Å²) in [6.45, 7) is 0. The molecule has 0 saturated carbocycles. The number of hydrogen-bond donors (Lipinski definition) is 1. The van der Waals surface area contributed by atoms with E-state index in [4.69, 9.17) is 4.74 Å². The molecule has 8 nitrogen and oxygen atoms in total. The maximum absolute atomic E-state index is 12.0. The third-order valence-electron chi connectivity index (χ3n) is 3.74. The second-order valence-corrected chi connectivity index (χ2v) is 6.62. The minimum Gasteiger partial charge on any atom is -0.497 e. The number of nitro benzene ring substituents is 1. The summed E-state index contributed by atoms with van der Waals surface area (Å²) in [7, 11) is 1.61. The molecule has 3 aromatic rings.